The number of nitrogens with zero attached hydrogens (tertiary/aromatic N) is 3. The number of benzene rings is 2. The second-order valence-corrected chi connectivity index (χ2v) is 9.59. The number of hydrogen-bond acceptors (Lipinski definition) is 6. The molecule has 1 fully saturated rings. The molecule has 174 valence electrons. The maximum Gasteiger partial charge on any atom is 0.275 e. The molecule has 33 heavy (non-hydrogen) atoms. The van der Waals surface area contributed by atoms with E-state index >= 15 is 0 Å². The SMILES string of the molecule is COc1ccc(NC(=O)c2cn(-c3ccc(S(=O)(=O)N4CCCCC4)cc3)cn2)cc1OC. The zero-order valence-corrected chi connectivity index (χ0v) is 19.3. The summed E-state index contributed by atoms with van der Waals surface area (Å²) >= 11 is 0. The molecule has 1 N–H and O–H groups in total. The summed E-state index contributed by atoms with van der Waals surface area (Å²) in [6.45, 7) is 1.12. The summed E-state index contributed by atoms with van der Waals surface area (Å²) in [4.78, 5) is 17.1. The Morgan fingerprint density at radius 3 is 2.33 bits per heavy atom. The van der Waals surface area contributed by atoms with E-state index in [2.05, 4.69) is 10.3 Å². The monoisotopic (exact) mass is 470 g/mol. The molecule has 0 radical (unpaired) electrons. The van der Waals surface area contributed by atoms with Gasteiger partial charge in [0.15, 0.2) is 11.5 Å². The van der Waals surface area contributed by atoms with Crippen molar-refractivity contribution in [3.63, 3.8) is 0 Å². The molecular weight excluding hydrogens is 444 g/mol. The Balaban J connectivity index is 1.47. The molecule has 0 atom stereocenters. The van der Waals surface area contributed by atoms with E-state index in [-0.39, 0.29) is 16.5 Å². The maximum atomic E-state index is 12.8. The molecule has 1 aliphatic heterocycles. The van der Waals surface area contributed by atoms with Crippen LogP contribution < -0.4 is 14.8 Å². The van der Waals surface area contributed by atoms with E-state index in [0.29, 0.717) is 36.0 Å². The first-order valence-electron chi connectivity index (χ1n) is 10.6. The van der Waals surface area contributed by atoms with Crippen LogP contribution in [0.5, 0.6) is 11.5 Å². The number of carbonyl (C=O) groups excluding carboxylic acids is 1. The lowest BCUT2D eigenvalue weighted by atomic mass is 10.2. The van der Waals surface area contributed by atoms with Crippen LogP contribution in [0.2, 0.25) is 0 Å². The Bertz CT molecular complexity index is 1230. The predicted molar refractivity (Wildman–Crippen MR) is 124 cm³/mol. The van der Waals surface area contributed by atoms with Crippen molar-refractivity contribution in [2.24, 2.45) is 0 Å². The van der Waals surface area contributed by atoms with Crippen LogP contribution in [-0.4, -0.2) is 55.5 Å². The van der Waals surface area contributed by atoms with E-state index in [9.17, 15) is 13.2 Å². The molecule has 1 amide bonds. The molecule has 2 heterocycles. The van der Waals surface area contributed by atoms with Gasteiger partial charge in [-0.15, -0.1) is 0 Å². The zero-order valence-electron chi connectivity index (χ0n) is 18.5. The third kappa shape index (κ3) is 4.86. The van der Waals surface area contributed by atoms with E-state index in [0.717, 1.165) is 19.3 Å². The minimum Gasteiger partial charge on any atom is -0.493 e. The number of piperidine rings is 1. The lowest BCUT2D eigenvalue weighted by Gasteiger charge is -2.25. The van der Waals surface area contributed by atoms with Gasteiger partial charge in [0.05, 0.1) is 19.1 Å². The third-order valence-electron chi connectivity index (χ3n) is 5.54. The second-order valence-electron chi connectivity index (χ2n) is 7.65. The Kier molecular flexibility index (Phi) is 6.66. The molecule has 0 saturated carbocycles. The van der Waals surface area contributed by atoms with Crippen LogP contribution in [-0.2, 0) is 10.0 Å². The van der Waals surface area contributed by atoms with E-state index in [1.165, 1.54) is 13.4 Å². The molecule has 0 spiro atoms. The molecule has 10 heteroatoms. The number of rotatable bonds is 7. The average molecular weight is 471 g/mol. The van der Waals surface area contributed by atoms with Gasteiger partial charge in [-0.2, -0.15) is 4.31 Å². The fraction of sp³-hybridized carbons (Fsp3) is 0.304. The zero-order chi connectivity index (χ0) is 23.4. The number of carbonyl (C=O) groups is 1. The Morgan fingerprint density at radius 2 is 1.67 bits per heavy atom. The standard InChI is InChI=1S/C23H26N4O5S/c1-31-21-11-6-17(14-22(21)32-2)25-23(28)20-15-26(16-24-20)18-7-9-19(10-8-18)33(29,30)27-12-4-3-5-13-27/h6-11,14-16H,3-5,12-13H2,1-2H3,(H,25,28). The van der Waals surface area contributed by atoms with Gasteiger partial charge in [0.2, 0.25) is 10.0 Å². The van der Waals surface area contributed by atoms with Gasteiger partial charge in [-0.1, -0.05) is 6.42 Å². The van der Waals surface area contributed by atoms with Crippen LogP contribution in [0.4, 0.5) is 5.69 Å². The number of anilines is 1. The largest absolute Gasteiger partial charge is 0.493 e. The highest BCUT2D eigenvalue weighted by atomic mass is 32.2. The van der Waals surface area contributed by atoms with Crippen molar-refractivity contribution in [2.75, 3.05) is 32.6 Å². The fourth-order valence-corrected chi connectivity index (χ4v) is 5.25. The molecule has 1 saturated heterocycles. The molecule has 1 aromatic heterocycles. The Labute approximate surface area is 193 Å². The topological polar surface area (TPSA) is 103 Å². The summed E-state index contributed by atoms with van der Waals surface area (Å²) in [6, 6.07) is 11.6. The van der Waals surface area contributed by atoms with Gasteiger partial charge in [0, 0.05) is 36.7 Å². The fourth-order valence-electron chi connectivity index (χ4n) is 3.73. The highest BCUT2D eigenvalue weighted by molar-refractivity contribution is 7.89. The molecule has 0 unspecified atom stereocenters. The summed E-state index contributed by atoms with van der Waals surface area (Å²) in [5.41, 5.74) is 1.46. The molecule has 9 nitrogen and oxygen atoms in total. The molecule has 0 aliphatic carbocycles. The minimum absolute atomic E-state index is 0.217. The Morgan fingerprint density at radius 1 is 0.970 bits per heavy atom. The smallest absolute Gasteiger partial charge is 0.275 e. The first-order chi connectivity index (χ1) is 15.9. The number of nitrogens with one attached hydrogen (secondary N) is 1. The number of methoxy groups -OCH3 is 2. The number of ether oxygens (including phenoxy) is 2. The molecule has 3 aromatic rings. The number of hydrogen-bond donors (Lipinski definition) is 1. The van der Waals surface area contributed by atoms with Crippen LogP contribution in [0.3, 0.4) is 0 Å². The van der Waals surface area contributed by atoms with Crippen molar-refractivity contribution in [3.05, 3.63) is 60.7 Å². The first-order valence-corrected chi connectivity index (χ1v) is 12.0. The van der Waals surface area contributed by atoms with Gasteiger partial charge in [0.1, 0.15) is 12.0 Å². The van der Waals surface area contributed by atoms with Crippen LogP contribution in [0.1, 0.15) is 29.8 Å². The van der Waals surface area contributed by atoms with Gasteiger partial charge in [-0.05, 0) is 49.2 Å². The third-order valence-corrected chi connectivity index (χ3v) is 7.46. The summed E-state index contributed by atoms with van der Waals surface area (Å²) in [7, 11) is -0.427. The van der Waals surface area contributed by atoms with Crippen molar-refractivity contribution in [1.82, 2.24) is 13.9 Å². The number of aromatic nitrogens is 2. The lowest BCUT2D eigenvalue weighted by Crippen LogP contribution is -2.35. The molecule has 1 aliphatic rings. The van der Waals surface area contributed by atoms with E-state index in [1.807, 2.05) is 0 Å². The lowest BCUT2D eigenvalue weighted by molar-refractivity contribution is 0.102. The van der Waals surface area contributed by atoms with Gasteiger partial charge in [-0.25, -0.2) is 13.4 Å². The highest BCUT2D eigenvalue weighted by Crippen LogP contribution is 2.30. The minimum atomic E-state index is -3.49. The van der Waals surface area contributed by atoms with Crippen molar-refractivity contribution >= 4 is 21.6 Å². The number of sulfonamides is 1. The molecule has 4 rings (SSSR count). The van der Waals surface area contributed by atoms with Gasteiger partial charge in [-0.3, -0.25) is 4.79 Å². The van der Waals surface area contributed by atoms with Crippen molar-refractivity contribution < 1.29 is 22.7 Å². The second kappa shape index (κ2) is 9.63. The van der Waals surface area contributed by atoms with E-state index < -0.39 is 10.0 Å². The van der Waals surface area contributed by atoms with Crippen molar-refractivity contribution in [2.45, 2.75) is 24.2 Å². The number of amides is 1. The summed E-state index contributed by atoms with van der Waals surface area (Å²) in [5, 5.41) is 2.78. The quantitative estimate of drug-likeness (QED) is 0.568. The number of imidazole rings is 1. The van der Waals surface area contributed by atoms with Gasteiger partial charge < -0.3 is 19.4 Å². The highest BCUT2D eigenvalue weighted by Gasteiger charge is 2.25. The summed E-state index contributed by atoms with van der Waals surface area (Å²) in [5.74, 6) is 0.677. The maximum absolute atomic E-state index is 12.8. The summed E-state index contributed by atoms with van der Waals surface area (Å²) < 4.78 is 39.3. The van der Waals surface area contributed by atoms with Crippen LogP contribution >= 0.6 is 0 Å². The summed E-state index contributed by atoms with van der Waals surface area (Å²) in [6.07, 6.45) is 5.94. The average Bonchev–Trinajstić information content (AvgIpc) is 3.35. The van der Waals surface area contributed by atoms with Gasteiger partial charge in [0.25, 0.3) is 5.91 Å². The predicted octanol–water partition coefficient (Wildman–Crippen LogP) is 3.32. The van der Waals surface area contributed by atoms with Crippen LogP contribution in [0.15, 0.2) is 59.9 Å². The van der Waals surface area contributed by atoms with Crippen molar-refractivity contribution in [1.29, 1.82) is 0 Å². The molecule has 2 aromatic carbocycles. The molecule has 0 bridgehead atoms. The van der Waals surface area contributed by atoms with E-state index in [4.69, 9.17) is 9.47 Å². The first kappa shape index (κ1) is 22.8. The van der Waals surface area contributed by atoms with Crippen LogP contribution in [0.25, 0.3) is 5.69 Å². The normalized spacial score (nSPS) is 14.6. The Hall–Kier alpha value is -3.37. The molecular formula is C23H26N4O5S. The van der Waals surface area contributed by atoms with E-state index in [1.54, 1.807) is 64.6 Å². The van der Waals surface area contributed by atoms with Crippen molar-refractivity contribution in [3.8, 4) is 17.2 Å². The van der Waals surface area contributed by atoms with Gasteiger partial charge >= 0.3 is 0 Å². The van der Waals surface area contributed by atoms with Crippen LogP contribution in [0, 0.1) is 0 Å².